The molecule has 3 aromatic rings. The van der Waals surface area contributed by atoms with Crippen LogP contribution in [0, 0.1) is 0 Å². The molecule has 0 radical (unpaired) electrons. The maximum Gasteiger partial charge on any atom is 0.0982 e. The highest BCUT2D eigenvalue weighted by molar-refractivity contribution is 9.10. The van der Waals surface area contributed by atoms with Crippen molar-refractivity contribution in [1.29, 1.82) is 0 Å². The van der Waals surface area contributed by atoms with Gasteiger partial charge in [0, 0.05) is 17.3 Å². The first kappa shape index (κ1) is 18.4. The molecule has 0 saturated carbocycles. The Morgan fingerprint density at radius 1 is 0.846 bits per heavy atom. The highest BCUT2D eigenvalue weighted by atomic mass is 79.9. The molecule has 0 aromatic heterocycles. The van der Waals surface area contributed by atoms with E-state index in [1.165, 1.54) is 0 Å². The average Bonchev–Trinajstić information content (AvgIpc) is 2.68. The molecule has 4 heteroatoms. The van der Waals surface area contributed by atoms with Gasteiger partial charge in [-0.1, -0.05) is 76.6 Å². The second-order valence-electron chi connectivity index (χ2n) is 6.09. The summed E-state index contributed by atoms with van der Waals surface area (Å²) in [6.07, 6.45) is 0.480. The van der Waals surface area contributed by atoms with Crippen molar-refractivity contribution in [3.63, 3.8) is 0 Å². The average molecular weight is 409 g/mol. The molecule has 0 spiro atoms. The molecule has 132 valence electrons. The molecule has 1 atom stereocenters. The third-order valence-corrected chi connectivity index (χ3v) is 4.59. The zero-order valence-electron chi connectivity index (χ0n) is 14.3. The molecule has 3 rings (SSSR count). The highest BCUT2D eigenvalue weighted by Gasteiger charge is 2.14. The van der Waals surface area contributed by atoms with Gasteiger partial charge in [0.05, 0.1) is 17.5 Å². The fraction of sp³-hybridized carbons (Fsp3) is 0.136. The van der Waals surface area contributed by atoms with Gasteiger partial charge >= 0.3 is 0 Å². The van der Waals surface area contributed by atoms with E-state index in [1.807, 2.05) is 84.9 Å². The van der Waals surface area contributed by atoms with Crippen LogP contribution < -0.4 is 5.43 Å². The van der Waals surface area contributed by atoms with E-state index in [1.54, 1.807) is 0 Å². The summed E-state index contributed by atoms with van der Waals surface area (Å²) in [7, 11) is 0. The maximum atomic E-state index is 10.8. The Balaban J connectivity index is 1.78. The number of aliphatic hydroxyl groups excluding tert-OH is 1. The monoisotopic (exact) mass is 408 g/mol. The Hall–Kier alpha value is -2.43. The number of hydrogen-bond acceptors (Lipinski definition) is 3. The van der Waals surface area contributed by atoms with E-state index in [9.17, 15) is 5.11 Å². The van der Waals surface area contributed by atoms with Crippen molar-refractivity contribution in [3.8, 4) is 0 Å². The number of benzene rings is 3. The topological polar surface area (TPSA) is 44.6 Å². The van der Waals surface area contributed by atoms with Gasteiger partial charge in [-0.05, 0) is 35.4 Å². The number of halogens is 1. The molecule has 3 nitrogen and oxygen atoms in total. The van der Waals surface area contributed by atoms with Crippen LogP contribution in [0.4, 0.5) is 5.69 Å². The lowest BCUT2D eigenvalue weighted by molar-refractivity contribution is 0.240. The molecule has 0 aliphatic rings. The normalized spacial score (nSPS) is 12.6. The highest BCUT2D eigenvalue weighted by Crippen LogP contribution is 2.15. The van der Waals surface area contributed by atoms with Crippen LogP contribution in [0.1, 0.15) is 11.1 Å². The first-order valence-electron chi connectivity index (χ1n) is 8.54. The minimum absolute atomic E-state index is 0.536. The number of hydrogen-bond donors (Lipinski definition) is 2. The fourth-order valence-corrected chi connectivity index (χ4v) is 2.92. The van der Waals surface area contributed by atoms with Gasteiger partial charge in [0.25, 0.3) is 0 Å². The number of nitrogens with one attached hydrogen (secondary N) is 1. The minimum atomic E-state index is -0.652. The van der Waals surface area contributed by atoms with Crippen LogP contribution in [0.5, 0.6) is 0 Å². The minimum Gasteiger partial charge on any atom is -0.387 e. The van der Waals surface area contributed by atoms with Gasteiger partial charge in [0.15, 0.2) is 0 Å². The molecule has 0 aliphatic carbocycles. The van der Waals surface area contributed by atoms with E-state index in [0.29, 0.717) is 18.6 Å². The summed E-state index contributed by atoms with van der Waals surface area (Å²) in [5.41, 5.74) is 6.87. The van der Waals surface area contributed by atoms with Crippen LogP contribution in [0.3, 0.4) is 0 Å². The molecule has 0 amide bonds. The lowest BCUT2D eigenvalue weighted by Crippen LogP contribution is -2.26. The smallest absolute Gasteiger partial charge is 0.0982 e. The van der Waals surface area contributed by atoms with E-state index in [0.717, 1.165) is 21.3 Å². The van der Waals surface area contributed by atoms with Crippen molar-refractivity contribution in [3.05, 3.63) is 101 Å². The van der Waals surface area contributed by atoms with Crippen molar-refractivity contribution in [2.75, 3.05) is 5.43 Å². The van der Waals surface area contributed by atoms with Crippen LogP contribution >= 0.6 is 15.9 Å². The van der Waals surface area contributed by atoms with E-state index in [2.05, 4.69) is 26.5 Å². The molecule has 0 bridgehead atoms. The van der Waals surface area contributed by atoms with Crippen LogP contribution in [-0.2, 0) is 12.8 Å². The van der Waals surface area contributed by atoms with E-state index < -0.39 is 6.10 Å². The third kappa shape index (κ3) is 5.55. The number of anilines is 1. The maximum absolute atomic E-state index is 10.8. The van der Waals surface area contributed by atoms with Crippen molar-refractivity contribution >= 4 is 27.3 Å². The van der Waals surface area contributed by atoms with Crippen LogP contribution in [-0.4, -0.2) is 16.9 Å². The molecular formula is C22H21BrN2O. The van der Waals surface area contributed by atoms with E-state index in [4.69, 9.17) is 0 Å². The summed E-state index contributed by atoms with van der Waals surface area (Å²) in [6, 6.07) is 27.8. The predicted octanol–water partition coefficient (Wildman–Crippen LogP) is 5.06. The zero-order valence-corrected chi connectivity index (χ0v) is 15.9. The van der Waals surface area contributed by atoms with Crippen molar-refractivity contribution in [1.82, 2.24) is 0 Å². The van der Waals surface area contributed by atoms with Crippen LogP contribution in [0.2, 0.25) is 0 Å². The molecule has 0 saturated heterocycles. The Kier molecular flexibility index (Phi) is 6.58. The summed E-state index contributed by atoms with van der Waals surface area (Å²) >= 11 is 3.43. The molecular weight excluding hydrogens is 388 g/mol. The van der Waals surface area contributed by atoms with Gasteiger partial charge in [-0.15, -0.1) is 0 Å². The van der Waals surface area contributed by atoms with E-state index >= 15 is 0 Å². The molecule has 0 aliphatic heterocycles. The Labute approximate surface area is 162 Å². The quantitative estimate of drug-likeness (QED) is 0.423. The fourth-order valence-electron chi connectivity index (χ4n) is 2.65. The lowest BCUT2D eigenvalue weighted by atomic mass is 9.99. The predicted molar refractivity (Wildman–Crippen MR) is 111 cm³/mol. The number of aliphatic hydroxyl groups is 1. The van der Waals surface area contributed by atoms with Crippen molar-refractivity contribution in [2.45, 2.75) is 18.9 Å². The van der Waals surface area contributed by atoms with Gasteiger partial charge in [-0.3, -0.25) is 5.43 Å². The largest absolute Gasteiger partial charge is 0.387 e. The van der Waals surface area contributed by atoms with Gasteiger partial charge in [0.2, 0.25) is 0 Å². The molecule has 0 unspecified atom stereocenters. The zero-order chi connectivity index (χ0) is 18.2. The first-order chi connectivity index (χ1) is 12.7. The van der Waals surface area contributed by atoms with Gasteiger partial charge in [-0.25, -0.2) is 0 Å². The third-order valence-electron chi connectivity index (χ3n) is 4.06. The number of nitrogens with zero attached hydrogens (tertiary/aromatic N) is 1. The molecule has 0 fully saturated rings. The molecule has 26 heavy (non-hydrogen) atoms. The summed E-state index contributed by atoms with van der Waals surface area (Å²) < 4.78 is 1.01. The molecule has 0 heterocycles. The summed E-state index contributed by atoms with van der Waals surface area (Å²) in [6.45, 7) is 0. The second kappa shape index (κ2) is 9.32. The molecule has 2 N–H and O–H groups in total. The Morgan fingerprint density at radius 3 is 2.04 bits per heavy atom. The standard InChI is InChI=1S/C22H21BrN2O/c23-19-11-13-20(14-12-19)24-25-21(15-17-7-3-1-4-8-17)22(26)16-18-9-5-2-6-10-18/h1-14,22,24,26H,15-16H2/t22-/m1/s1. The Bertz CT molecular complexity index is 833. The number of rotatable bonds is 7. The van der Waals surface area contributed by atoms with Gasteiger partial charge in [0.1, 0.15) is 0 Å². The summed E-state index contributed by atoms with van der Waals surface area (Å²) in [4.78, 5) is 0. The van der Waals surface area contributed by atoms with Crippen LogP contribution in [0.15, 0.2) is 94.5 Å². The summed E-state index contributed by atoms with van der Waals surface area (Å²) in [5, 5.41) is 15.3. The van der Waals surface area contributed by atoms with Crippen molar-refractivity contribution < 1.29 is 5.11 Å². The van der Waals surface area contributed by atoms with E-state index in [-0.39, 0.29) is 0 Å². The first-order valence-corrected chi connectivity index (χ1v) is 9.34. The SMILES string of the molecule is O[C@H](Cc1ccccc1)C(Cc1ccccc1)=NNc1ccc(Br)cc1. The second-order valence-corrected chi connectivity index (χ2v) is 7.01. The Morgan fingerprint density at radius 2 is 1.42 bits per heavy atom. The molecule has 3 aromatic carbocycles. The number of hydrazone groups is 1. The van der Waals surface area contributed by atoms with Gasteiger partial charge < -0.3 is 5.11 Å². The van der Waals surface area contributed by atoms with Crippen LogP contribution in [0.25, 0.3) is 0 Å². The van der Waals surface area contributed by atoms with Gasteiger partial charge in [-0.2, -0.15) is 5.10 Å². The van der Waals surface area contributed by atoms with Crippen molar-refractivity contribution in [2.24, 2.45) is 5.10 Å². The lowest BCUT2D eigenvalue weighted by Gasteiger charge is -2.15. The summed E-state index contributed by atoms with van der Waals surface area (Å²) in [5.74, 6) is 0.